The van der Waals surface area contributed by atoms with E-state index in [2.05, 4.69) is 203 Å². The van der Waals surface area contributed by atoms with Crippen LogP contribution < -0.4 is 0 Å². The molecular weight excluding hydrogens is 741 g/mol. The molecule has 0 amide bonds. The first-order chi connectivity index (χ1) is 28.7. The molecule has 13 aromatic rings. The average molecular weight is 773 g/mol. The number of hydrogen-bond donors (Lipinski definition) is 0. The molecule has 0 fully saturated rings. The Morgan fingerprint density at radius 2 is 0.569 bits per heavy atom. The van der Waals surface area contributed by atoms with Crippen LogP contribution in [-0.4, -0.2) is 9.13 Å². The number of aromatic nitrogens is 2. The molecule has 0 atom stereocenters. The fraction of sp³-hybridized carbons (Fsp3) is 0. The minimum Gasteiger partial charge on any atom is -0.309 e. The van der Waals surface area contributed by atoms with Crippen LogP contribution in [0.25, 0.3) is 118 Å². The Labute approximate surface area is 341 Å². The standard InChI is InChI=1S/C54H32N2S2/c1-2-12-38(34-22-26-52-44(30-34)46-32-36(24-28-54(46)58-52)56-49-19-9-5-15-41(49)42-16-6-10-20-50(42)56)37(11-1)33-21-25-51-43(29-33)45-31-35(23-27-53(45)57-51)55-47-17-7-3-13-39(47)40-14-4-8-18-48(40)55/h1-32H. The summed E-state index contributed by atoms with van der Waals surface area (Å²) in [5, 5.41) is 10.3. The lowest BCUT2D eigenvalue weighted by molar-refractivity contribution is 1.19. The van der Waals surface area contributed by atoms with Crippen molar-refractivity contribution in [3.05, 3.63) is 194 Å². The van der Waals surface area contributed by atoms with Gasteiger partial charge in [0.2, 0.25) is 0 Å². The largest absolute Gasteiger partial charge is 0.309 e. The van der Waals surface area contributed by atoms with Gasteiger partial charge in [-0.15, -0.1) is 22.7 Å². The van der Waals surface area contributed by atoms with Gasteiger partial charge in [-0.25, -0.2) is 0 Å². The first kappa shape index (κ1) is 32.1. The monoisotopic (exact) mass is 772 g/mol. The molecule has 0 unspecified atom stereocenters. The fourth-order valence-corrected chi connectivity index (χ4v) is 11.7. The molecule has 9 aromatic carbocycles. The molecule has 2 nitrogen and oxygen atoms in total. The van der Waals surface area contributed by atoms with Crippen molar-refractivity contribution >= 4 is 107 Å². The second-order valence-electron chi connectivity index (χ2n) is 15.3. The molecule has 4 aromatic heterocycles. The molecule has 0 saturated heterocycles. The van der Waals surface area contributed by atoms with Crippen molar-refractivity contribution in [2.45, 2.75) is 0 Å². The van der Waals surface area contributed by atoms with Crippen LogP contribution in [0.2, 0.25) is 0 Å². The van der Waals surface area contributed by atoms with E-state index in [0.717, 1.165) is 0 Å². The van der Waals surface area contributed by atoms with Gasteiger partial charge in [-0.2, -0.15) is 0 Å². The van der Waals surface area contributed by atoms with E-state index in [9.17, 15) is 0 Å². The summed E-state index contributed by atoms with van der Waals surface area (Å²) in [4.78, 5) is 0. The highest BCUT2D eigenvalue weighted by Crippen LogP contribution is 2.43. The van der Waals surface area contributed by atoms with Crippen molar-refractivity contribution in [1.29, 1.82) is 0 Å². The van der Waals surface area contributed by atoms with Gasteiger partial charge >= 0.3 is 0 Å². The van der Waals surface area contributed by atoms with Crippen molar-refractivity contribution in [2.75, 3.05) is 0 Å². The van der Waals surface area contributed by atoms with Crippen molar-refractivity contribution < 1.29 is 0 Å². The van der Waals surface area contributed by atoms with Crippen LogP contribution in [0.3, 0.4) is 0 Å². The molecule has 0 aliphatic heterocycles. The topological polar surface area (TPSA) is 9.86 Å². The smallest absolute Gasteiger partial charge is 0.0541 e. The van der Waals surface area contributed by atoms with Gasteiger partial charge in [0.1, 0.15) is 0 Å². The minimum atomic E-state index is 1.19. The first-order valence-electron chi connectivity index (χ1n) is 19.7. The summed E-state index contributed by atoms with van der Waals surface area (Å²) in [6, 6.07) is 72.0. The molecule has 0 N–H and O–H groups in total. The second kappa shape index (κ2) is 12.3. The van der Waals surface area contributed by atoms with Gasteiger partial charge in [0.05, 0.1) is 22.1 Å². The first-order valence-corrected chi connectivity index (χ1v) is 21.4. The van der Waals surface area contributed by atoms with Crippen molar-refractivity contribution in [3.63, 3.8) is 0 Å². The van der Waals surface area contributed by atoms with Gasteiger partial charge in [0, 0.05) is 73.3 Å². The molecular formula is C54H32N2S2. The zero-order chi connectivity index (χ0) is 37.9. The van der Waals surface area contributed by atoms with Crippen molar-refractivity contribution in [3.8, 4) is 33.6 Å². The Kier molecular flexibility index (Phi) is 6.79. The highest BCUT2D eigenvalue weighted by molar-refractivity contribution is 7.26. The maximum Gasteiger partial charge on any atom is 0.0541 e. The molecule has 13 rings (SSSR count). The maximum absolute atomic E-state index is 2.42. The molecule has 0 saturated carbocycles. The Bertz CT molecular complexity index is 3460. The number of fused-ring (bicyclic) bond motifs is 12. The molecule has 270 valence electrons. The predicted octanol–water partition coefficient (Wildman–Crippen LogP) is 16.0. The lowest BCUT2D eigenvalue weighted by atomic mass is 9.93. The van der Waals surface area contributed by atoms with E-state index >= 15 is 0 Å². The number of thiophene rings is 2. The Morgan fingerprint density at radius 1 is 0.259 bits per heavy atom. The zero-order valence-electron chi connectivity index (χ0n) is 31.2. The van der Waals surface area contributed by atoms with Crippen LogP contribution in [0.15, 0.2) is 194 Å². The van der Waals surface area contributed by atoms with Crippen molar-refractivity contribution in [1.82, 2.24) is 9.13 Å². The van der Waals surface area contributed by atoms with Crippen molar-refractivity contribution in [2.24, 2.45) is 0 Å². The third-order valence-electron chi connectivity index (χ3n) is 12.1. The Hall–Kier alpha value is -6.98. The maximum atomic E-state index is 2.42. The van der Waals surface area contributed by atoms with Gasteiger partial charge in [0.15, 0.2) is 0 Å². The van der Waals surface area contributed by atoms with E-state index in [1.807, 2.05) is 22.7 Å². The SMILES string of the molecule is c1ccc(-c2ccc3sc4ccc(-n5c6ccccc6c6ccccc65)cc4c3c2)c(-c2ccc3sc4ccc(-n5c6ccccc6c6ccccc65)cc4c3c2)c1. The lowest BCUT2D eigenvalue weighted by Gasteiger charge is -2.12. The number of nitrogens with zero attached hydrogens (tertiary/aromatic N) is 2. The van der Waals surface area contributed by atoms with E-state index in [0.29, 0.717) is 0 Å². The average Bonchev–Trinajstić information content (AvgIpc) is 4.03. The fourth-order valence-electron chi connectivity index (χ4n) is 9.53. The third kappa shape index (κ3) is 4.64. The van der Waals surface area contributed by atoms with Gasteiger partial charge < -0.3 is 9.13 Å². The number of para-hydroxylation sites is 4. The lowest BCUT2D eigenvalue weighted by Crippen LogP contribution is -1.93. The quantitative estimate of drug-likeness (QED) is 0.169. The highest BCUT2D eigenvalue weighted by Gasteiger charge is 2.17. The van der Waals surface area contributed by atoms with Crippen LogP contribution in [0.5, 0.6) is 0 Å². The van der Waals surface area contributed by atoms with E-state index in [1.165, 1.54) is 118 Å². The molecule has 0 aliphatic rings. The number of hydrogen-bond acceptors (Lipinski definition) is 2. The van der Waals surface area contributed by atoms with Crippen LogP contribution in [0.1, 0.15) is 0 Å². The number of benzene rings is 9. The van der Waals surface area contributed by atoms with E-state index < -0.39 is 0 Å². The summed E-state index contributed by atoms with van der Waals surface area (Å²) in [5.41, 5.74) is 12.3. The highest BCUT2D eigenvalue weighted by atomic mass is 32.1. The van der Waals surface area contributed by atoms with Crippen LogP contribution in [0, 0.1) is 0 Å². The summed E-state index contributed by atoms with van der Waals surface area (Å²) in [6.45, 7) is 0. The third-order valence-corrected chi connectivity index (χ3v) is 14.4. The molecule has 0 bridgehead atoms. The van der Waals surface area contributed by atoms with Crippen LogP contribution in [-0.2, 0) is 0 Å². The van der Waals surface area contributed by atoms with Gasteiger partial charge in [-0.3, -0.25) is 0 Å². The molecule has 4 heterocycles. The normalized spacial score (nSPS) is 12.1. The van der Waals surface area contributed by atoms with Crippen LogP contribution >= 0.6 is 22.7 Å². The summed E-state index contributed by atoms with van der Waals surface area (Å²) in [5.74, 6) is 0. The van der Waals surface area contributed by atoms with E-state index in [1.54, 1.807) is 0 Å². The Morgan fingerprint density at radius 3 is 0.948 bits per heavy atom. The zero-order valence-corrected chi connectivity index (χ0v) is 32.8. The minimum absolute atomic E-state index is 1.19. The second-order valence-corrected chi connectivity index (χ2v) is 17.4. The Balaban J connectivity index is 0.948. The number of rotatable bonds is 4. The summed E-state index contributed by atoms with van der Waals surface area (Å²) in [7, 11) is 0. The molecule has 58 heavy (non-hydrogen) atoms. The molecule has 4 heteroatoms. The van der Waals surface area contributed by atoms with E-state index in [-0.39, 0.29) is 0 Å². The van der Waals surface area contributed by atoms with Crippen LogP contribution in [0.4, 0.5) is 0 Å². The summed E-state index contributed by atoms with van der Waals surface area (Å²) >= 11 is 3.75. The van der Waals surface area contributed by atoms with Gasteiger partial charge in [-0.1, -0.05) is 109 Å². The summed E-state index contributed by atoms with van der Waals surface area (Å²) < 4.78 is 10.1. The molecule has 0 radical (unpaired) electrons. The molecule has 0 spiro atoms. The van der Waals surface area contributed by atoms with Gasteiger partial charge in [0.25, 0.3) is 0 Å². The predicted molar refractivity (Wildman–Crippen MR) is 252 cm³/mol. The molecule has 0 aliphatic carbocycles. The van der Waals surface area contributed by atoms with Gasteiger partial charge in [-0.05, 0) is 107 Å². The van der Waals surface area contributed by atoms with E-state index in [4.69, 9.17) is 0 Å². The summed E-state index contributed by atoms with van der Waals surface area (Å²) in [6.07, 6.45) is 0.